The number of hydrogen-bond acceptors (Lipinski definition) is 5. The first-order valence-corrected chi connectivity index (χ1v) is 7.51. The van der Waals surface area contributed by atoms with E-state index in [0.29, 0.717) is 31.0 Å². The number of hydrogen-bond donors (Lipinski definition) is 1. The highest BCUT2D eigenvalue weighted by molar-refractivity contribution is 5.93. The first-order chi connectivity index (χ1) is 10.7. The number of nitrogens with zero attached hydrogens (tertiary/aromatic N) is 3. The second kappa shape index (κ2) is 6.72. The molecule has 1 aromatic rings. The summed E-state index contributed by atoms with van der Waals surface area (Å²) in [6, 6.07) is 3.46. The average molecular weight is 306 g/mol. The highest BCUT2D eigenvalue weighted by Gasteiger charge is 2.33. The molecule has 0 unspecified atom stereocenters. The zero-order valence-corrected chi connectivity index (χ0v) is 12.2. The van der Waals surface area contributed by atoms with Crippen LogP contribution in [0.5, 0.6) is 0 Å². The summed E-state index contributed by atoms with van der Waals surface area (Å²) in [7, 11) is 0. The molecule has 1 aromatic heterocycles. The van der Waals surface area contributed by atoms with Gasteiger partial charge in [0.25, 0.3) is 0 Å². The maximum atomic E-state index is 13.8. The minimum Gasteiger partial charge on any atom is -0.501 e. The van der Waals surface area contributed by atoms with Gasteiger partial charge >= 0.3 is 0 Å². The van der Waals surface area contributed by atoms with E-state index >= 15 is 0 Å². The molecule has 0 saturated carbocycles. The van der Waals surface area contributed by atoms with Crippen molar-refractivity contribution in [3.63, 3.8) is 0 Å². The van der Waals surface area contributed by atoms with Gasteiger partial charge in [-0.2, -0.15) is 5.10 Å². The van der Waals surface area contributed by atoms with Crippen LogP contribution in [0.15, 0.2) is 30.2 Å². The molecule has 1 saturated heterocycles. The third-order valence-corrected chi connectivity index (χ3v) is 3.94. The number of anilines is 1. The number of halogens is 1. The van der Waals surface area contributed by atoms with Gasteiger partial charge < -0.3 is 15.0 Å². The van der Waals surface area contributed by atoms with E-state index in [9.17, 15) is 9.18 Å². The number of carbonyl (C=O) groups is 1. The fourth-order valence-electron chi connectivity index (χ4n) is 2.84. The first-order valence-electron chi connectivity index (χ1n) is 7.51. The van der Waals surface area contributed by atoms with Crippen LogP contribution in [-0.2, 0) is 9.53 Å². The van der Waals surface area contributed by atoms with Crippen LogP contribution in [0, 0.1) is 0 Å². The highest BCUT2D eigenvalue weighted by atomic mass is 19.1. The lowest BCUT2D eigenvalue weighted by Gasteiger charge is -2.25. The van der Waals surface area contributed by atoms with Gasteiger partial charge in [-0.05, 0) is 25.0 Å². The van der Waals surface area contributed by atoms with Gasteiger partial charge in [0.2, 0.25) is 5.91 Å². The van der Waals surface area contributed by atoms with Gasteiger partial charge in [-0.25, -0.2) is 4.39 Å². The Bertz CT molecular complexity index is 552. The van der Waals surface area contributed by atoms with Gasteiger partial charge in [0.1, 0.15) is 6.17 Å². The van der Waals surface area contributed by atoms with Crippen molar-refractivity contribution in [1.82, 2.24) is 15.5 Å². The molecular formula is C15H19FN4O2. The fourth-order valence-corrected chi connectivity index (χ4v) is 2.84. The summed E-state index contributed by atoms with van der Waals surface area (Å²) in [5, 5.41) is 10.7. The Morgan fingerprint density at radius 1 is 1.55 bits per heavy atom. The van der Waals surface area contributed by atoms with Crippen LogP contribution in [0.2, 0.25) is 0 Å². The molecule has 0 spiro atoms. The van der Waals surface area contributed by atoms with Gasteiger partial charge in [-0.1, -0.05) is 0 Å². The Balaban J connectivity index is 1.61. The monoisotopic (exact) mass is 306 g/mol. The summed E-state index contributed by atoms with van der Waals surface area (Å²) in [5.41, 5.74) is 0.645. The van der Waals surface area contributed by atoms with Crippen LogP contribution in [-0.4, -0.2) is 48.0 Å². The zero-order valence-electron chi connectivity index (χ0n) is 12.2. The van der Waals surface area contributed by atoms with Crippen molar-refractivity contribution >= 4 is 11.7 Å². The second-order valence-corrected chi connectivity index (χ2v) is 5.55. The average Bonchev–Trinajstić information content (AvgIpc) is 2.95. The fraction of sp³-hybridized carbons (Fsp3) is 0.533. The number of ether oxygens (including phenoxy) is 1. The van der Waals surface area contributed by atoms with Crippen molar-refractivity contribution in [2.75, 3.05) is 24.6 Å². The molecule has 2 atom stereocenters. The second-order valence-electron chi connectivity index (χ2n) is 5.55. The van der Waals surface area contributed by atoms with Crippen molar-refractivity contribution in [1.29, 1.82) is 0 Å². The van der Waals surface area contributed by atoms with Crippen LogP contribution >= 0.6 is 0 Å². The van der Waals surface area contributed by atoms with Gasteiger partial charge in [-0.15, -0.1) is 5.10 Å². The van der Waals surface area contributed by atoms with Gasteiger partial charge in [-0.3, -0.25) is 4.79 Å². The number of amides is 1. The first kappa shape index (κ1) is 14.7. The summed E-state index contributed by atoms with van der Waals surface area (Å²) < 4.78 is 18.9. The van der Waals surface area contributed by atoms with Gasteiger partial charge in [0.05, 0.1) is 31.0 Å². The molecule has 118 valence electrons. The lowest BCUT2D eigenvalue weighted by molar-refractivity contribution is -0.118. The Labute approximate surface area is 128 Å². The van der Waals surface area contributed by atoms with E-state index in [1.807, 2.05) is 4.90 Å². The van der Waals surface area contributed by atoms with Crippen molar-refractivity contribution in [2.45, 2.75) is 31.5 Å². The summed E-state index contributed by atoms with van der Waals surface area (Å²) >= 11 is 0. The SMILES string of the molecule is O=C(NC[C@@H]1C[C@H](F)CN1c1cccnn1)C1=COCCC1. The van der Waals surface area contributed by atoms with E-state index in [1.165, 1.54) is 6.26 Å². The summed E-state index contributed by atoms with van der Waals surface area (Å²) in [6.07, 6.45) is 4.13. The largest absolute Gasteiger partial charge is 0.501 e. The Kier molecular flexibility index (Phi) is 4.50. The molecule has 1 amide bonds. The van der Waals surface area contributed by atoms with Crippen LogP contribution in [0.1, 0.15) is 19.3 Å². The molecule has 2 aliphatic heterocycles. The van der Waals surface area contributed by atoms with E-state index in [-0.39, 0.29) is 18.5 Å². The topological polar surface area (TPSA) is 67.4 Å². The number of rotatable bonds is 4. The third-order valence-electron chi connectivity index (χ3n) is 3.94. The van der Waals surface area contributed by atoms with E-state index < -0.39 is 6.17 Å². The molecule has 6 nitrogen and oxygen atoms in total. The summed E-state index contributed by atoms with van der Waals surface area (Å²) in [6.45, 7) is 1.32. The van der Waals surface area contributed by atoms with Crippen molar-refractivity contribution in [3.8, 4) is 0 Å². The minimum atomic E-state index is -0.916. The molecule has 0 aliphatic carbocycles. The molecule has 2 aliphatic rings. The smallest absolute Gasteiger partial charge is 0.250 e. The molecule has 0 aromatic carbocycles. The Morgan fingerprint density at radius 2 is 2.45 bits per heavy atom. The van der Waals surface area contributed by atoms with Gasteiger partial charge in [0, 0.05) is 19.2 Å². The molecular weight excluding hydrogens is 287 g/mol. The quantitative estimate of drug-likeness (QED) is 0.905. The highest BCUT2D eigenvalue weighted by Crippen LogP contribution is 2.25. The van der Waals surface area contributed by atoms with Crippen molar-refractivity contribution in [2.24, 2.45) is 0 Å². The number of carbonyl (C=O) groups excluding carboxylic acids is 1. The van der Waals surface area contributed by atoms with Crippen molar-refractivity contribution < 1.29 is 13.9 Å². The lowest BCUT2D eigenvalue weighted by atomic mass is 10.1. The molecule has 1 N–H and O–H groups in total. The van der Waals surface area contributed by atoms with E-state index in [1.54, 1.807) is 18.3 Å². The maximum Gasteiger partial charge on any atom is 0.250 e. The van der Waals surface area contributed by atoms with E-state index in [2.05, 4.69) is 15.5 Å². The Hall–Kier alpha value is -2.18. The van der Waals surface area contributed by atoms with E-state index in [0.717, 1.165) is 12.8 Å². The molecule has 1 fully saturated rings. The summed E-state index contributed by atoms with van der Waals surface area (Å²) in [4.78, 5) is 13.9. The number of aromatic nitrogens is 2. The number of alkyl halides is 1. The molecule has 0 radical (unpaired) electrons. The normalized spacial score (nSPS) is 24.6. The van der Waals surface area contributed by atoms with Crippen LogP contribution in [0.4, 0.5) is 10.2 Å². The maximum absolute atomic E-state index is 13.8. The summed E-state index contributed by atoms with van der Waals surface area (Å²) in [5.74, 6) is 0.503. The Morgan fingerprint density at radius 3 is 3.18 bits per heavy atom. The molecule has 7 heteroatoms. The van der Waals surface area contributed by atoms with Crippen LogP contribution in [0.3, 0.4) is 0 Å². The predicted octanol–water partition coefficient (Wildman–Crippen LogP) is 1.20. The predicted molar refractivity (Wildman–Crippen MR) is 79.0 cm³/mol. The minimum absolute atomic E-state index is 0.110. The molecule has 0 bridgehead atoms. The van der Waals surface area contributed by atoms with Crippen molar-refractivity contribution in [3.05, 3.63) is 30.2 Å². The van der Waals surface area contributed by atoms with Crippen LogP contribution < -0.4 is 10.2 Å². The molecule has 22 heavy (non-hydrogen) atoms. The standard InChI is InChI=1S/C15H19FN4O2/c16-12-7-13(20(9-12)14-4-1-5-18-19-14)8-17-15(21)11-3-2-6-22-10-11/h1,4-5,10,12-13H,2-3,6-9H2,(H,17,21)/t12-,13-/m0/s1. The molecule has 3 heterocycles. The number of nitrogens with one attached hydrogen (secondary N) is 1. The van der Waals surface area contributed by atoms with E-state index in [4.69, 9.17) is 4.74 Å². The van der Waals surface area contributed by atoms with Crippen LogP contribution in [0.25, 0.3) is 0 Å². The zero-order chi connectivity index (χ0) is 15.4. The lowest BCUT2D eigenvalue weighted by Crippen LogP contribution is -2.41. The van der Waals surface area contributed by atoms with Gasteiger partial charge in [0.15, 0.2) is 5.82 Å². The molecule has 3 rings (SSSR count). The third kappa shape index (κ3) is 3.35.